The summed E-state index contributed by atoms with van der Waals surface area (Å²) >= 11 is 1.47. The molecule has 5 nitrogen and oxygen atoms in total. The molecule has 0 spiro atoms. The molecule has 3 amide bonds. The van der Waals surface area contributed by atoms with Gasteiger partial charge in [-0.2, -0.15) is 11.8 Å². The lowest BCUT2D eigenvalue weighted by Gasteiger charge is -2.13. The molecule has 1 N–H and O–H groups in total. The molecule has 0 aliphatic carbocycles. The predicted octanol–water partition coefficient (Wildman–Crippen LogP) is 3.88. The molecule has 1 heterocycles. The molecule has 28 heavy (non-hydrogen) atoms. The van der Waals surface area contributed by atoms with Gasteiger partial charge in [0, 0.05) is 12.2 Å². The summed E-state index contributed by atoms with van der Waals surface area (Å²) < 4.78 is 13.5. The van der Waals surface area contributed by atoms with E-state index in [1.54, 1.807) is 43.3 Å². The Labute approximate surface area is 167 Å². The average Bonchev–Trinajstić information content (AvgIpc) is 2.92. The molecule has 1 aliphatic rings. The van der Waals surface area contributed by atoms with Gasteiger partial charge >= 0.3 is 0 Å². The Balaban J connectivity index is 1.34. The van der Waals surface area contributed by atoms with Gasteiger partial charge in [-0.1, -0.05) is 18.2 Å². The highest BCUT2D eigenvalue weighted by molar-refractivity contribution is 7.99. The first kappa shape index (κ1) is 20.1. The van der Waals surface area contributed by atoms with Crippen molar-refractivity contribution in [3.05, 3.63) is 65.0 Å². The predicted molar refractivity (Wildman–Crippen MR) is 108 cm³/mol. The third-order valence-corrected chi connectivity index (χ3v) is 5.53. The number of carbonyl (C=O) groups excluding carboxylic acids is 3. The number of rotatable bonds is 8. The fraction of sp³-hybridized carbons (Fsp3) is 0.286. The Bertz CT molecular complexity index is 881. The maximum absolute atomic E-state index is 13.5. The maximum Gasteiger partial charge on any atom is 0.261 e. The number of fused-ring (bicyclic) bond motifs is 1. The number of nitrogens with one attached hydrogen (secondary N) is 1. The molecule has 1 aliphatic heterocycles. The van der Waals surface area contributed by atoms with Crippen LogP contribution in [0.3, 0.4) is 0 Å². The lowest BCUT2D eigenvalue weighted by atomic mass is 10.1. The summed E-state index contributed by atoms with van der Waals surface area (Å²) in [5.74, 6) is -0.00964. The highest BCUT2D eigenvalue weighted by atomic mass is 32.2. The zero-order valence-corrected chi connectivity index (χ0v) is 16.4. The van der Waals surface area contributed by atoms with Crippen LogP contribution in [0.2, 0.25) is 0 Å². The van der Waals surface area contributed by atoms with Gasteiger partial charge in [-0.15, -0.1) is 0 Å². The third-order valence-electron chi connectivity index (χ3n) is 4.49. The van der Waals surface area contributed by atoms with Crippen LogP contribution < -0.4 is 5.32 Å². The van der Waals surface area contributed by atoms with Gasteiger partial charge in [0.25, 0.3) is 11.8 Å². The van der Waals surface area contributed by atoms with Crippen molar-refractivity contribution in [3.8, 4) is 0 Å². The SMILES string of the molecule is Cc1ccc(NC(=O)CSCCCCN2C(=O)c3ccccc3C2=O)cc1F. The van der Waals surface area contributed by atoms with Gasteiger partial charge < -0.3 is 5.32 Å². The Morgan fingerprint density at radius 1 is 1.07 bits per heavy atom. The molecule has 0 fully saturated rings. The Morgan fingerprint density at radius 3 is 2.39 bits per heavy atom. The van der Waals surface area contributed by atoms with E-state index in [-0.39, 0.29) is 29.3 Å². The fourth-order valence-electron chi connectivity index (χ4n) is 2.95. The molecule has 2 aromatic rings. The van der Waals surface area contributed by atoms with Gasteiger partial charge in [-0.25, -0.2) is 4.39 Å². The molecule has 0 radical (unpaired) electrons. The van der Waals surface area contributed by atoms with E-state index < -0.39 is 0 Å². The minimum Gasteiger partial charge on any atom is -0.325 e. The number of thioether (sulfide) groups is 1. The van der Waals surface area contributed by atoms with Crippen molar-refractivity contribution >= 4 is 35.2 Å². The number of amides is 3. The van der Waals surface area contributed by atoms with Crippen molar-refractivity contribution in [2.45, 2.75) is 19.8 Å². The maximum atomic E-state index is 13.5. The smallest absolute Gasteiger partial charge is 0.261 e. The van der Waals surface area contributed by atoms with Gasteiger partial charge in [0.1, 0.15) is 5.82 Å². The molecule has 0 saturated heterocycles. The molecular formula is C21H21FN2O3S. The molecule has 0 aromatic heterocycles. The molecule has 2 aromatic carbocycles. The van der Waals surface area contributed by atoms with E-state index in [0.29, 0.717) is 35.3 Å². The zero-order chi connectivity index (χ0) is 20.1. The lowest BCUT2D eigenvalue weighted by molar-refractivity contribution is -0.113. The van der Waals surface area contributed by atoms with Gasteiger partial charge in [0.05, 0.1) is 16.9 Å². The van der Waals surface area contributed by atoms with Crippen LogP contribution in [0.25, 0.3) is 0 Å². The minimum atomic E-state index is -0.349. The lowest BCUT2D eigenvalue weighted by Crippen LogP contribution is -2.30. The fourth-order valence-corrected chi connectivity index (χ4v) is 3.76. The van der Waals surface area contributed by atoms with Gasteiger partial charge in [0.15, 0.2) is 0 Å². The van der Waals surface area contributed by atoms with Crippen LogP contribution in [0.1, 0.15) is 39.1 Å². The number of aryl methyl sites for hydroxylation is 1. The van der Waals surface area contributed by atoms with E-state index >= 15 is 0 Å². The highest BCUT2D eigenvalue weighted by Crippen LogP contribution is 2.23. The minimum absolute atomic E-state index is 0.186. The van der Waals surface area contributed by atoms with Gasteiger partial charge in [0.2, 0.25) is 5.91 Å². The summed E-state index contributed by atoms with van der Waals surface area (Å²) in [5, 5.41) is 2.67. The second kappa shape index (κ2) is 9.01. The van der Waals surface area contributed by atoms with Crippen molar-refractivity contribution in [1.82, 2.24) is 4.90 Å². The molecule has 0 atom stereocenters. The first-order valence-corrected chi connectivity index (χ1v) is 10.2. The number of anilines is 1. The number of carbonyl (C=O) groups is 3. The van der Waals surface area contributed by atoms with Crippen LogP contribution in [-0.2, 0) is 4.79 Å². The number of hydrogen-bond acceptors (Lipinski definition) is 4. The topological polar surface area (TPSA) is 66.5 Å². The summed E-state index contributed by atoms with van der Waals surface area (Å²) in [6.45, 7) is 2.04. The van der Waals surface area contributed by atoms with Crippen LogP contribution in [0, 0.1) is 12.7 Å². The van der Waals surface area contributed by atoms with Crippen molar-refractivity contribution in [2.24, 2.45) is 0 Å². The summed E-state index contributed by atoms with van der Waals surface area (Å²) in [6.07, 6.45) is 1.47. The van der Waals surface area contributed by atoms with Crippen LogP contribution in [0.15, 0.2) is 42.5 Å². The second-order valence-corrected chi connectivity index (χ2v) is 7.68. The molecule has 146 valence electrons. The van der Waals surface area contributed by atoms with Crippen molar-refractivity contribution in [3.63, 3.8) is 0 Å². The number of imide groups is 1. The van der Waals surface area contributed by atoms with E-state index in [4.69, 9.17) is 0 Å². The molecule has 7 heteroatoms. The quantitative estimate of drug-likeness (QED) is 0.539. The van der Waals surface area contributed by atoms with Crippen LogP contribution in [-0.4, -0.2) is 40.7 Å². The number of halogens is 1. The van der Waals surface area contributed by atoms with Crippen molar-refractivity contribution in [2.75, 3.05) is 23.4 Å². The van der Waals surface area contributed by atoms with E-state index in [1.165, 1.54) is 22.7 Å². The summed E-state index contributed by atoms with van der Waals surface area (Å²) in [7, 11) is 0. The second-order valence-electron chi connectivity index (χ2n) is 6.58. The van der Waals surface area contributed by atoms with Crippen LogP contribution in [0.4, 0.5) is 10.1 Å². The van der Waals surface area contributed by atoms with Crippen LogP contribution in [0.5, 0.6) is 0 Å². The van der Waals surface area contributed by atoms with E-state index in [9.17, 15) is 18.8 Å². The normalized spacial score (nSPS) is 13.0. The molecule has 0 saturated carbocycles. The molecule has 0 unspecified atom stereocenters. The Kier molecular flexibility index (Phi) is 6.46. The average molecular weight is 400 g/mol. The number of nitrogens with zero attached hydrogens (tertiary/aromatic N) is 1. The standard InChI is InChI=1S/C21H21FN2O3S/c1-14-8-9-15(12-18(14)22)23-19(25)13-28-11-5-4-10-24-20(26)16-6-2-3-7-17(16)21(24)27/h2-3,6-9,12H,4-5,10-11,13H2,1H3,(H,23,25). The largest absolute Gasteiger partial charge is 0.325 e. The summed E-state index contributed by atoms with van der Waals surface area (Å²) in [6, 6.07) is 11.4. The molecular weight excluding hydrogens is 379 g/mol. The van der Waals surface area contributed by atoms with Gasteiger partial charge in [-0.3, -0.25) is 19.3 Å². The first-order chi connectivity index (χ1) is 13.5. The van der Waals surface area contributed by atoms with Crippen molar-refractivity contribution in [1.29, 1.82) is 0 Å². The molecule has 3 rings (SSSR count). The zero-order valence-electron chi connectivity index (χ0n) is 15.5. The third kappa shape index (κ3) is 4.59. The van der Waals surface area contributed by atoms with Crippen molar-refractivity contribution < 1.29 is 18.8 Å². The van der Waals surface area contributed by atoms with Gasteiger partial charge in [-0.05, 0) is 55.3 Å². The summed E-state index contributed by atoms with van der Waals surface area (Å²) in [4.78, 5) is 37.7. The Hall–Kier alpha value is -2.67. The number of benzene rings is 2. The van der Waals surface area contributed by atoms with Crippen LogP contribution >= 0.6 is 11.8 Å². The number of unbranched alkanes of at least 4 members (excludes halogenated alkanes) is 1. The first-order valence-electron chi connectivity index (χ1n) is 9.06. The summed E-state index contributed by atoms with van der Waals surface area (Å²) in [5.41, 5.74) is 1.90. The molecule has 0 bridgehead atoms. The number of hydrogen-bond donors (Lipinski definition) is 1. The van der Waals surface area contributed by atoms with E-state index in [1.807, 2.05) is 0 Å². The van der Waals surface area contributed by atoms with E-state index in [0.717, 1.165) is 12.2 Å². The van der Waals surface area contributed by atoms with E-state index in [2.05, 4.69) is 5.32 Å². The Morgan fingerprint density at radius 2 is 1.75 bits per heavy atom. The monoisotopic (exact) mass is 400 g/mol. The highest BCUT2D eigenvalue weighted by Gasteiger charge is 2.34.